The molecule has 1 fully saturated rings. The second-order valence-corrected chi connectivity index (χ2v) is 8.15. The third-order valence-electron chi connectivity index (χ3n) is 4.60. The van der Waals surface area contributed by atoms with Gasteiger partial charge in [0.25, 0.3) is 5.91 Å². The quantitative estimate of drug-likeness (QED) is 0.687. The van der Waals surface area contributed by atoms with Crippen molar-refractivity contribution in [3.05, 3.63) is 45.4 Å². The molecule has 0 aromatic carbocycles. The molecule has 3 aromatic rings. The first kappa shape index (κ1) is 17.2. The Morgan fingerprint density at radius 1 is 1.19 bits per heavy atom. The molecule has 4 heterocycles. The molecule has 0 bridgehead atoms. The predicted octanol–water partition coefficient (Wildman–Crippen LogP) is 3.69. The summed E-state index contributed by atoms with van der Waals surface area (Å²) in [5, 5.41) is 2.96. The summed E-state index contributed by atoms with van der Waals surface area (Å²) < 4.78 is 0. The average Bonchev–Trinajstić information content (AvgIpc) is 3.31. The summed E-state index contributed by atoms with van der Waals surface area (Å²) in [6, 6.07) is 1.94. The molecule has 0 atom stereocenters. The van der Waals surface area contributed by atoms with Gasteiger partial charge in [0, 0.05) is 30.6 Å². The topological polar surface area (TPSA) is 71.9 Å². The molecule has 0 unspecified atom stereocenters. The van der Waals surface area contributed by atoms with Crippen LogP contribution in [0.3, 0.4) is 0 Å². The number of rotatable bonds is 3. The highest BCUT2D eigenvalue weighted by Crippen LogP contribution is 2.36. The Morgan fingerprint density at radius 2 is 2.00 bits per heavy atom. The highest BCUT2D eigenvalue weighted by molar-refractivity contribution is 7.15. The van der Waals surface area contributed by atoms with Crippen LogP contribution < -0.4 is 0 Å². The second-order valence-electron chi connectivity index (χ2n) is 6.40. The van der Waals surface area contributed by atoms with Crippen LogP contribution in [0.2, 0.25) is 0 Å². The lowest BCUT2D eigenvalue weighted by Gasteiger charge is -2.30. The first-order valence-electron chi connectivity index (χ1n) is 8.56. The van der Waals surface area contributed by atoms with Gasteiger partial charge in [-0.1, -0.05) is 0 Å². The van der Waals surface area contributed by atoms with Crippen LogP contribution >= 0.6 is 22.7 Å². The number of hydrogen-bond acceptors (Lipinski definition) is 7. The van der Waals surface area contributed by atoms with Crippen LogP contribution in [-0.4, -0.2) is 43.8 Å². The van der Waals surface area contributed by atoms with Crippen LogP contribution in [0.15, 0.2) is 23.2 Å². The van der Waals surface area contributed by atoms with E-state index in [-0.39, 0.29) is 5.91 Å². The van der Waals surface area contributed by atoms with Crippen molar-refractivity contribution in [2.75, 3.05) is 13.1 Å². The van der Waals surface area contributed by atoms with Crippen molar-refractivity contribution in [2.45, 2.75) is 32.6 Å². The third kappa shape index (κ3) is 3.39. The number of aromatic nitrogens is 4. The number of carbonyl (C=O) groups is 1. The van der Waals surface area contributed by atoms with Gasteiger partial charge in [-0.25, -0.2) is 19.9 Å². The molecule has 26 heavy (non-hydrogen) atoms. The Kier molecular flexibility index (Phi) is 4.78. The highest BCUT2D eigenvalue weighted by Gasteiger charge is 2.27. The van der Waals surface area contributed by atoms with Gasteiger partial charge in [-0.3, -0.25) is 4.79 Å². The van der Waals surface area contributed by atoms with Crippen LogP contribution in [0.1, 0.15) is 45.8 Å². The minimum atomic E-state index is 0.0390. The number of piperidine rings is 1. The van der Waals surface area contributed by atoms with E-state index in [2.05, 4.69) is 15.0 Å². The van der Waals surface area contributed by atoms with Crippen molar-refractivity contribution >= 4 is 28.6 Å². The number of aryl methyl sites for hydroxylation is 2. The molecule has 1 saturated heterocycles. The van der Waals surface area contributed by atoms with Crippen molar-refractivity contribution in [1.82, 2.24) is 24.8 Å². The maximum atomic E-state index is 12.4. The Hall–Kier alpha value is -2.19. The molecule has 0 N–H and O–H groups in total. The summed E-state index contributed by atoms with van der Waals surface area (Å²) >= 11 is 3.17. The average molecular weight is 386 g/mol. The standard InChI is InChI=1S/C18H19N5OS2/c1-11-16(14-3-6-19-12(2)22-14)26-17(21-11)13-4-7-23(8-5-13)18(24)15-9-25-10-20-15/h3,6,9-10,13H,4-5,7-8H2,1-2H3. The molecule has 6 nitrogen and oxygen atoms in total. The molecular weight excluding hydrogens is 366 g/mol. The summed E-state index contributed by atoms with van der Waals surface area (Å²) in [4.78, 5) is 33.1. The van der Waals surface area contributed by atoms with Gasteiger partial charge in [-0.2, -0.15) is 0 Å². The zero-order valence-corrected chi connectivity index (χ0v) is 16.3. The van der Waals surface area contributed by atoms with Crippen molar-refractivity contribution in [3.8, 4) is 10.6 Å². The van der Waals surface area contributed by atoms with Crippen LogP contribution in [0, 0.1) is 13.8 Å². The fourth-order valence-electron chi connectivity index (χ4n) is 3.22. The molecule has 1 amide bonds. The number of carbonyl (C=O) groups excluding carboxylic acids is 1. The van der Waals surface area contributed by atoms with Gasteiger partial charge in [0.05, 0.1) is 26.8 Å². The zero-order valence-electron chi connectivity index (χ0n) is 14.7. The number of amides is 1. The summed E-state index contributed by atoms with van der Waals surface area (Å²) in [5.74, 6) is 1.21. The second kappa shape index (κ2) is 7.20. The summed E-state index contributed by atoms with van der Waals surface area (Å²) in [5.41, 5.74) is 4.22. The lowest BCUT2D eigenvalue weighted by molar-refractivity contribution is 0.0708. The van der Waals surface area contributed by atoms with Crippen LogP contribution in [0.25, 0.3) is 10.6 Å². The minimum Gasteiger partial charge on any atom is -0.337 e. The lowest BCUT2D eigenvalue weighted by Crippen LogP contribution is -2.38. The summed E-state index contributed by atoms with van der Waals surface area (Å²) in [7, 11) is 0. The molecule has 0 spiro atoms. The highest BCUT2D eigenvalue weighted by atomic mass is 32.1. The zero-order chi connectivity index (χ0) is 18.1. The van der Waals surface area contributed by atoms with Crippen LogP contribution in [0.5, 0.6) is 0 Å². The SMILES string of the molecule is Cc1nccc(-c2sc(C3CCN(C(=O)c4cscn4)CC3)nc2C)n1. The Bertz CT molecular complexity index is 914. The summed E-state index contributed by atoms with van der Waals surface area (Å²) in [6.07, 6.45) is 3.66. The van der Waals surface area contributed by atoms with Gasteiger partial charge in [-0.05, 0) is 32.8 Å². The number of hydrogen-bond donors (Lipinski definition) is 0. The molecule has 0 aliphatic carbocycles. The lowest BCUT2D eigenvalue weighted by atomic mass is 9.97. The van der Waals surface area contributed by atoms with Gasteiger partial charge in [0.1, 0.15) is 11.5 Å². The Morgan fingerprint density at radius 3 is 2.69 bits per heavy atom. The molecule has 1 aliphatic heterocycles. The summed E-state index contributed by atoms with van der Waals surface area (Å²) in [6.45, 7) is 5.44. The Labute approximate surface area is 160 Å². The monoisotopic (exact) mass is 385 g/mol. The van der Waals surface area contributed by atoms with E-state index in [1.54, 1.807) is 23.0 Å². The van der Waals surface area contributed by atoms with Gasteiger partial charge in [-0.15, -0.1) is 22.7 Å². The Balaban J connectivity index is 1.47. The van der Waals surface area contributed by atoms with Gasteiger partial charge in [0.15, 0.2) is 0 Å². The first-order valence-corrected chi connectivity index (χ1v) is 10.3. The van der Waals surface area contributed by atoms with E-state index in [4.69, 9.17) is 4.98 Å². The van der Waals surface area contributed by atoms with Crippen molar-refractivity contribution in [2.24, 2.45) is 0 Å². The van der Waals surface area contributed by atoms with E-state index in [0.717, 1.165) is 53.0 Å². The molecular formula is C18H19N5OS2. The van der Waals surface area contributed by atoms with E-state index in [0.29, 0.717) is 11.6 Å². The van der Waals surface area contributed by atoms with E-state index in [1.165, 1.54) is 11.3 Å². The van der Waals surface area contributed by atoms with Crippen LogP contribution in [-0.2, 0) is 0 Å². The maximum absolute atomic E-state index is 12.4. The molecule has 0 radical (unpaired) electrons. The van der Waals surface area contributed by atoms with Gasteiger partial charge < -0.3 is 4.90 Å². The van der Waals surface area contributed by atoms with Crippen molar-refractivity contribution < 1.29 is 4.79 Å². The normalized spacial score (nSPS) is 15.4. The van der Waals surface area contributed by atoms with Gasteiger partial charge in [0.2, 0.25) is 0 Å². The molecule has 4 rings (SSSR count). The molecule has 1 aliphatic rings. The molecule has 134 valence electrons. The maximum Gasteiger partial charge on any atom is 0.273 e. The number of thiazole rings is 2. The molecule has 3 aromatic heterocycles. The van der Waals surface area contributed by atoms with E-state index >= 15 is 0 Å². The van der Waals surface area contributed by atoms with E-state index in [1.807, 2.05) is 30.2 Å². The first-order chi connectivity index (χ1) is 12.6. The van der Waals surface area contributed by atoms with Crippen LogP contribution in [0.4, 0.5) is 0 Å². The smallest absolute Gasteiger partial charge is 0.273 e. The number of likely N-dealkylation sites (tertiary alicyclic amines) is 1. The van der Waals surface area contributed by atoms with Gasteiger partial charge >= 0.3 is 0 Å². The van der Waals surface area contributed by atoms with E-state index in [9.17, 15) is 4.79 Å². The largest absolute Gasteiger partial charge is 0.337 e. The molecule has 0 saturated carbocycles. The number of nitrogens with zero attached hydrogens (tertiary/aromatic N) is 5. The minimum absolute atomic E-state index is 0.0390. The third-order valence-corrected chi connectivity index (χ3v) is 6.53. The molecule has 8 heteroatoms. The predicted molar refractivity (Wildman–Crippen MR) is 103 cm³/mol. The fourth-order valence-corrected chi connectivity index (χ4v) is 4.95. The fraction of sp³-hybridized carbons (Fsp3) is 0.389. The van der Waals surface area contributed by atoms with Crippen molar-refractivity contribution in [3.63, 3.8) is 0 Å². The van der Waals surface area contributed by atoms with E-state index < -0.39 is 0 Å². The van der Waals surface area contributed by atoms with Crippen molar-refractivity contribution in [1.29, 1.82) is 0 Å².